The Morgan fingerprint density at radius 3 is 1.97 bits per heavy atom. The Morgan fingerprint density at radius 1 is 0.613 bits per heavy atom. The molecule has 1 unspecified atom stereocenters. The molecule has 0 amide bonds. The van der Waals surface area contributed by atoms with Crippen molar-refractivity contribution in [1.82, 2.24) is 10.3 Å². The molecule has 0 saturated heterocycles. The maximum atomic E-state index is 4.95. The molecule has 0 aliphatic carbocycles. The fourth-order valence-corrected chi connectivity index (χ4v) is 3.60. The summed E-state index contributed by atoms with van der Waals surface area (Å²) >= 11 is 0. The molecular weight excluding hydrogens is 380 g/mol. The zero-order chi connectivity index (χ0) is 21.0. The lowest BCUT2D eigenvalue weighted by atomic mass is 10.0. The molecule has 31 heavy (non-hydrogen) atoms. The molecule has 0 bridgehead atoms. The van der Waals surface area contributed by atoms with E-state index in [-0.39, 0.29) is 6.17 Å². The highest BCUT2D eigenvalue weighted by atomic mass is 15.2. The molecule has 5 rings (SSSR count). The van der Waals surface area contributed by atoms with E-state index < -0.39 is 0 Å². The molecule has 3 aromatic carbocycles. The molecule has 0 spiro atoms. The van der Waals surface area contributed by atoms with E-state index in [0.29, 0.717) is 0 Å². The smallest absolute Gasteiger partial charge is 0.169 e. The maximum Gasteiger partial charge on any atom is 0.169 e. The normalized spacial score (nSPS) is 15.6. The molecule has 0 fully saturated rings. The second-order valence-corrected chi connectivity index (χ2v) is 7.50. The van der Waals surface area contributed by atoms with Crippen molar-refractivity contribution in [3.05, 3.63) is 126 Å². The summed E-state index contributed by atoms with van der Waals surface area (Å²) in [4.78, 5) is 14.3. The van der Waals surface area contributed by atoms with Crippen molar-refractivity contribution in [3.63, 3.8) is 0 Å². The van der Waals surface area contributed by atoms with Gasteiger partial charge >= 0.3 is 0 Å². The number of nitrogens with one attached hydrogen (secondary N) is 1. The SMILES string of the molecule is Cc1ccc(-c2cccc(C3=NC(c4ccccc4)N=C(c4ccccc4)N3)c2)cn1. The van der Waals surface area contributed by atoms with E-state index in [1.807, 2.05) is 55.6 Å². The van der Waals surface area contributed by atoms with Crippen LogP contribution in [0.2, 0.25) is 0 Å². The van der Waals surface area contributed by atoms with Gasteiger partial charge < -0.3 is 5.32 Å². The van der Waals surface area contributed by atoms with Crippen LogP contribution in [-0.2, 0) is 0 Å². The topological polar surface area (TPSA) is 49.6 Å². The predicted molar refractivity (Wildman–Crippen MR) is 126 cm³/mol. The van der Waals surface area contributed by atoms with Gasteiger partial charge in [-0.2, -0.15) is 0 Å². The summed E-state index contributed by atoms with van der Waals surface area (Å²) in [7, 11) is 0. The lowest BCUT2D eigenvalue weighted by Gasteiger charge is -2.22. The molecule has 1 aliphatic heterocycles. The van der Waals surface area contributed by atoms with Crippen LogP contribution in [0.1, 0.15) is 28.6 Å². The van der Waals surface area contributed by atoms with E-state index >= 15 is 0 Å². The van der Waals surface area contributed by atoms with Crippen LogP contribution in [0.4, 0.5) is 0 Å². The summed E-state index contributed by atoms with van der Waals surface area (Å²) in [5.41, 5.74) is 6.31. The van der Waals surface area contributed by atoms with Crippen LogP contribution in [0.25, 0.3) is 11.1 Å². The van der Waals surface area contributed by atoms with Gasteiger partial charge in [-0.15, -0.1) is 0 Å². The third-order valence-electron chi connectivity index (χ3n) is 5.27. The Kier molecular flexibility index (Phi) is 5.11. The van der Waals surface area contributed by atoms with Gasteiger partial charge in [0.05, 0.1) is 0 Å². The van der Waals surface area contributed by atoms with Crippen LogP contribution in [0, 0.1) is 6.92 Å². The summed E-state index contributed by atoms with van der Waals surface area (Å²) in [5, 5.41) is 3.46. The van der Waals surface area contributed by atoms with Crippen LogP contribution in [-0.4, -0.2) is 16.7 Å². The Hall–Kier alpha value is -4.05. The van der Waals surface area contributed by atoms with Crippen molar-refractivity contribution in [2.24, 2.45) is 9.98 Å². The zero-order valence-corrected chi connectivity index (χ0v) is 17.2. The van der Waals surface area contributed by atoms with Crippen LogP contribution in [0.15, 0.2) is 113 Å². The number of pyridine rings is 1. The van der Waals surface area contributed by atoms with E-state index in [0.717, 1.165) is 45.2 Å². The van der Waals surface area contributed by atoms with Gasteiger partial charge in [-0.05, 0) is 30.2 Å². The first-order valence-corrected chi connectivity index (χ1v) is 10.3. The summed E-state index contributed by atoms with van der Waals surface area (Å²) in [6, 6.07) is 32.9. The van der Waals surface area contributed by atoms with Crippen molar-refractivity contribution >= 4 is 11.7 Å². The van der Waals surface area contributed by atoms with Crippen molar-refractivity contribution in [1.29, 1.82) is 0 Å². The second-order valence-electron chi connectivity index (χ2n) is 7.50. The molecule has 0 radical (unpaired) electrons. The van der Waals surface area contributed by atoms with Crippen molar-refractivity contribution in [2.75, 3.05) is 0 Å². The van der Waals surface area contributed by atoms with Crippen LogP contribution >= 0.6 is 0 Å². The van der Waals surface area contributed by atoms with Gasteiger partial charge in [-0.1, -0.05) is 84.9 Å². The van der Waals surface area contributed by atoms with Crippen molar-refractivity contribution in [2.45, 2.75) is 13.1 Å². The van der Waals surface area contributed by atoms with Gasteiger partial charge in [-0.25, -0.2) is 9.98 Å². The fourth-order valence-electron chi connectivity index (χ4n) is 3.60. The van der Waals surface area contributed by atoms with Crippen LogP contribution in [0.5, 0.6) is 0 Å². The molecule has 0 saturated carbocycles. The third-order valence-corrected chi connectivity index (χ3v) is 5.27. The molecule has 2 heterocycles. The Bertz CT molecular complexity index is 1240. The lowest BCUT2D eigenvalue weighted by Crippen LogP contribution is -2.36. The Balaban J connectivity index is 1.56. The van der Waals surface area contributed by atoms with Gasteiger partial charge in [0.25, 0.3) is 0 Å². The predicted octanol–water partition coefficient (Wildman–Crippen LogP) is 5.55. The first-order valence-electron chi connectivity index (χ1n) is 10.3. The number of hydrogen-bond donors (Lipinski definition) is 1. The number of aromatic nitrogens is 1. The van der Waals surface area contributed by atoms with Gasteiger partial charge in [0.15, 0.2) is 6.17 Å². The third kappa shape index (κ3) is 4.14. The monoisotopic (exact) mass is 402 g/mol. The molecule has 4 aromatic rings. The number of aryl methyl sites for hydroxylation is 1. The number of rotatable bonds is 4. The highest BCUT2D eigenvalue weighted by Gasteiger charge is 2.20. The molecule has 1 N–H and O–H groups in total. The molecule has 1 atom stereocenters. The minimum atomic E-state index is -0.294. The number of nitrogens with zero attached hydrogens (tertiary/aromatic N) is 3. The first-order chi connectivity index (χ1) is 15.3. The molecular formula is C27H22N4. The van der Waals surface area contributed by atoms with Gasteiger partial charge in [-0.3, -0.25) is 4.98 Å². The zero-order valence-electron chi connectivity index (χ0n) is 17.2. The summed E-state index contributed by atoms with van der Waals surface area (Å²) in [5.74, 6) is 1.63. The van der Waals surface area contributed by atoms with Crippen molar-refractivity contribution in [3.8, 4) is 11.1 Å². The van der Waals surface area contributed by atoms with Crippen LogP contribution < -0.4 is 5.32 Å². The number of amidine groups is 2. The van der Waals surface area contributed by atoms with E-state index in [1.54, 1.807) is 0 Å². The van der Waals surface area contributed by atoms with Gasteiger partial charge in [0, 0.05) is 28.6 Å². The number of hydrogen-bond acceptors (Lipinski definition) is 4. The summed E-state index contributed by atoms with van der Waals surface area (Å²) in [6.07, 6.45) is 1.62. The summed E-state index contributed by atoms with van der Waals surface area (Å²) < 4.78 is 0. The van der Waals surface area contributed by atoms with E-state index in [4.69, 9.17) is 9.98 Å². The molecule has 150 valence electrons. The molecule has 4 nitrogen and oxygen atoms in total. The second kappa shape index (κ2) is 8.36. The molecule has 1 aliphatic rings. The standard InChI is InChI=1S/C27H22N4/c1-19-15-16-24(18-28-19)22-13-8-14-23(17-22)27-30-25(20-9-4-2-5-10-20)29-26(31-27)21-11-6-3-7-12-21/h2-18,25H,1H3,(H,29,30,31). The highest BCUT2D eigenvalue weighted by Crippen LogP contribution is 2.25. The molecule has 1 aromatic heterocycles. The van der Waals surface area contributed by atoms with E-state index in [2.05, 4.69) is 64.9 Å². The van der Waals surface area contributed by atoms with E-state index in [1.165, 1.54) is 0 Å². The van der Waals surface area contributed by atoms with Crippen molar-refractivity contribution < 1.29 is 0 Å². The Labute approximate surface area is 182 Å². The molecule has 4 heteroatoms. The largest absolute Gasteiger partial charge is 0.324 e. The van der Waals surface area contributed by atoms with Gasteiger partial charge in [0.1, 0.15) is 11.7 Å². The maximum absolute atomic E-state index is 4.95. The highest BCUT2D eigenvalue weighted by molar-refractivity contribution is 6.16. The first kappa shape index (κ1) is 18.9. The van der Waals surface area contributed by atoms with Crippen LogP contribution in [0.3, 0.4) is 0 Å². The fraction of sp³-hybridized carbons (Fsp3) is 0.0741. The minimum absolute atomic E-state index is 0.294. The summed E-state index contributed by atoms with van der Waals surface area (Å²) in [6.45, 7) is 2.00. The average Bonchev–Trinajstić information content (AvgIpc) is 2.85. The van der Waals surface area contributed by atoms with Gasteiger partial charge in [0.2, 0.25) is 0 Å². The quantitative estimate of drug-likeness (QED) is 0.486. The number of benzene rings is 3. The number of aliphatic imine (C=N–C) groups is 2. The minimum Gasteiger partial charge on any atom is -0.324 e. The lowest BCUT2D eigenvalue weighted by molar-refractivity contribution is 0.756. The Morgan fingerprint density at radius 2 is 1.26 bits per heavy atom. The van der Waals surface area contributed by atoms with E-state index in [9.17, 15) is 0 Å². The average molecular weight is 403 g/mol.